The van der Waals surface area contributed by atoms with Gasteiger partial charge in [-0.2, -0.15) is 0 Å². The third-order valence-corrected chi connectivity index (χ3v) is 3.91. The Bertz CT molecular complexity index is 625. The van der Waals surface area contributed by atoms with E-state index < -0.39 is 5.97 Å². The van der Waals surface area contributed by atoms with Crippen LogP contribution < -0.4 is 0 Å². The molecule has 1 aromatic carbocycles. The van der Waals surface area contributed by atoms with Gasteiger partial charge in [0.1, 0.15) is 5.52 Å². The van der Waals surface area contributed by atoms with Crippen molar-refractivity contribution in [2.75, 3.05) is 5.75 Å². The molecule has 1 heterocycles. The second kappa shape index (κ2) is 6.26. The van der Waals surface area contributed by atoms with E-state index in [1.54, 1.807) is 6.07 Å². The van der Waals surface area contributed by atoms with E-state index in [-0.39, 0.29) is 11.6 Å². The summed E-state index contributed by atoms with van der Waals surface area (Å²) in [5.41, 5.74) is 1.03. The molecule has 0 aliphatic heterocycles. The van der Waals surface area contributed by atoms with Gasteiger partial charge in [-0.3, -0.25) is 4.79 Å². The van der Waals surface area contributed by atoms with Crippen LogP contribution in [0.2, 0.25) is 0 Å². The van der Waals surface area contributed by atoms with E-state index in [1.807, 2.05) is 10.6 Å². The van der Waals surface area contributed by atoms with Crippen molar-refractivity contribution in [3.05, 3.63) is 24.0 Å². The number of rotatable bonds is 6. The molecule has 0 radical (unpaired) electrons. The van der Waals surface area contributed by atoms with Gasteiger partial charge < -0.3 is 9.67 Å². The molecule has 0 saturated carbocycles. The van der Waals surface area contributed by atoms with Gasteiger partial charge in [-0.05, 0) is 24.5 Å². The van der Waals surface area contributed by atoms with Crippen molar-refractivity contribution < 1.29 is 14.3 Å². The van der Waals surface area contributed by atoms with Crippen LogP contribution in [-0.4, -0.2) is 26.4 Å². The number of benzene rings is 1. The number of carboxylic acid groups (broad SMARTS) is 1. The average molecular weight is 296 g/mol. The Kier molecular flexibility index (Phi) is 4.65. The van der Waals surface area contributed by atoms with Gasteiger partial charge in [0.25, 0.3) is 0 Å². The van der Waals surface area contributed by atoms with Gasteiger partial charge in [0, 0.05) is 6.54 Å². The van der Waals surface area contributed by atoms with Crippen LogP contribution in [-0.2, 0) is 11.3 Å². The third-order valence-electron chi connectivity index (χ3n) is 2.95. The fraction of sp³-hybridized carbons (Fsp3) is 0.429. The summed E-state index contributed by atoms with van der Waals surface area (Å²) in [6.45, 7) is 4.94. The Morgan fingerprint density at radius 2 is 2.25 bits per heavy atom. The molecule has 0 atom stereocenters. The smallest absolute Gasteiger partial charge is 0.313 e. The Labute approximate surface area is 121 Å². The minimum absolute atomic E-state index is 0.0768. The second-order valence-corrected chi connectivity index (χ2v) is 5.96. The quantitative estimate of drug-likeness (QED) is 0.830. The molecule has 4 nitrogen and oxygen atoms in total. The molecule has 0 saturated heterocycles. The first-order valence-corrected chi connectivity index (χ1v) is 7.47. The predicted molar refractivity (Wildman–Crippen MR) is 77.5 cm³/mol. The predicted octanol–water partition coefficient (Wildman–Crippen LogP) is 3.40. The van der Waals surface area contributed by atoms with Gasteiger partial charge in [-0.1, -0.05) is 31.7 Å². The van der Waals surface area contributed by atoms with Gasteiger partial charge in [0.15, 0.2) is 11.0 Å². The zero-order chi connectivity index (χ0) is 14.7. The lowest BCUT2D eigenvalue weighted by molar-refractivity contribution is -0.133. The first-order chi connectivity index (χ1) is 9.49. The first kappa shape index (κ1) is 14.8. The number of imidazole rings is 1. The summed E-state index contributed by atoms with van der Waals surface area (Å²) >= 11 is 1.13. The lowest BCUT2D eigenvalue weighted by Gasteiger charge is -2.10. The molecule has 0 fully saturated rings. The van der Waals surface area contributed by atoms with Crippen LogP contribution in [0.3, 0.4) is 0 Å². The average Bonchev–Trinajstić information content (AvgIpc) is 2.73. The summed E-state index contributed by atoms with van der Waals surface area (Å²) < 4.78 is 15.7. The topological polar surface area (TPSA) is 55.1 Å². The van der Waals surface area contributed by atoms with E-state index in [4.69, 9.17) is 5.11 Å². The number of aromatic nitrogens is 2. The van der Waals surface area contributed by atoms with Gasteiger partial charge >= 0.3 is 5.97 Å². The number of para-hydroxylation sites is 1. The summed E-state index contributed by atoms with van der Waals surface area (Å²) in [5.74, 6) is -0.841. The zero-order valence-corrected chi connectivity index (χ0v) is 12.3. The van der Waals surface area contributed by atoms with Crippen LogP contribution in [0.4, 0.5) is 4.39 Å². The summed E-state index contributed by atoms with van der Waals surface area (Å²) in [7, 11) is 0. The number of aliphatic carboxylic acids is 1. The van der Waals surface area contributed by atoms with Crippen molar-refractivity contribution in [1.82, 2.24) is 9.55 Å². The number of halogens is 1. The highest BCUT2D eigenvalue weighted by Gasteiger charge is 2.15. The van der Waals surface area contributed by atoms with Crippen LogP contribution in [0.25, 0.3) is 11.0 Å². The number of carbonyl (C=O) groups is 1. The molecule has 2 aromatic rings. The van der Waals surface area contributed by atoms with E-state index in [0.717, 1.165) is 23.7 Å². The molecule has 0 aliphatic rings. The molecule has 20 heavy (non-hydrogen) atoms. The maximum atomic E-state index is 13.8. The minimum Gasteiger partial charge on any atom is -0.481 e. The van der Waals surface area contributed by atoms with E-state index in [1.165, 1.54) is 6.07 Å². The van der Waals surface area contributed by atoms with E-state index in [0.29, 0.717) is 23.1 Å². The monoisotopic (exact) mass is 296 g/mol. The fourth-order valence-corrected chi connectivity index (χ4v) is 2.69. The summed E-state index contributed by atoms with van der Waals surface area (Å²) in [5, 5.41) is 9.34. The van der Waals surface area contributed by atoms with Crippen LogP contribution in [0.5, 0.6) is 0 Å². The number of thioether (sulfide) groups is 1. The minimum atomic E-state index is -0.905. The van der Waals surface area contributed by atoms with Crippen molar-refractivity contribution in [2.45, 2.75) is 32.0 Å². The number of hydrogen-bond acceptors (Lipinski definition) is 3. The molecular formula is C14H17FN2O2S. The Morgan fingerprint density at radius 1 is 1.50 bits per heavy atom. The third kappa shape index (κ3) is 3.30. The molecule has 108 valence electrons. The Balaban J connectivity index is 2.39. The van der Waals surface area contributed by atoms with Crippen LogP contribution >= 0.6 is 11.8 Å². The number of nitrogens with zero attached hydrogens (tertiary/aromatic N) is 2. The van der Waals surface area contributed by atoms with Crippen molar-refractivity contribution in [2.24, 2.45) is 5.92 Å². The highest BCUT2D eigenvalue weighted by molar-refractivity contribution is 7.99. The first-order valence-electron chi connectivity index (χ1n) is 6.48. The largest absolute Gasteiger partial charge is 0.481 e. The Hall–Kier alpha value is -1.56. The fourth-order valence-electron chi connectivity index (χ4n) is 1.93. The van der Waals surface area contributed by atoms with Crippen molar-refractivity contribution in [3.8, 4) is 0 Å². The molecule has 6 heteroatoms. The highest BCUT2D eigenvalue weighted by Crippen LogP contribution is 2.26. The van der Waals surface area contributed by atoms with Crippen LogP contribution in [0.15, 0.2) is 23.4 Å². The number of aryl methyl sites for hydroxylation is 1. The summed E-state index contributed by atoms with van der Waals surface area (Å²) in [6, 6.07) is 4.83. The van der Waals surface area contributed by atoms with E-state index >= 15 is 0 Å². The molecular weight excluding hydrogens is 279 g/mol. The van der Waals surface area contributed by atoms with Crippen molar-refractivity contribution in [3.63, 3.8) is 0 Å². The van der Waals surface area contributed by atoms with Gasteiger partial charge in [0.05, 0.1) is 11.3 Å². The molecule has 0 bridgehead atoms. The molecule has 0 unspecified atom stereocenters. The maximum absolute atomic E-state index is 13.8. The Morgan fingerprint density at radius 3 is 2.90 bits per heavy atom. The molecule has 0 amide bonds. The van der Waals surface area contributed by atoms with Crippen molar-refractivity contribution >= 4 is 28.8 Å². The van der Waals surface area contributed by atoms with Crippen LogP contribution in [0, 0.1) is 11.7 Å². The lowest BCUT2D eigenvalue weighted by Crippen LogP contribution is -2.05. The molecule has 2 rings (SSSR count). The van der Waals surface area contributed by atoms with Gasteiger partial charge in [-0.25, -0.2) is 9.37 Å². The number of carboxylic acids is 1. The summed E-state index contributed by atoms with van der Waals surface area (Å²) in [6.07, 6.45) is 0.933. The molecule has 1 N–H and O–H groups in total. The maximum Gasteiger partial charge on any atom is 0.313 e. The highest BCUT2D eigenvalue weighted by atomic mass is 32.2. The normalized spacial score (nSPS) is 11.4. The second-order valence-electron chi connectivity index (χ2n) is 5.02. The van der Waals surface area contributed by atoms with Gasteiger partial charge in [0.2, 0.25) is 0 Å². The SMILES string of the molecule is CC(C)CCn1c(SCC(=O)O)nc2c(F)cccc21. The van der Waals surface area contributed by atoms with E-state index in [9.17, 15) is 9.18 Å². The summed E-state index contributed by atoms with van der Waals surface area (Å²) in [4.78, 5) is 14.9. The van der Waals surface area contributed by atoms with Crippen molar-refractivity contribution in [1.29, 1.82) is 0 Å². The molecule has 1 aromatic heterocycles. The molecule has 0 spiro atoms. The number of hydrogen-bond donors (Lipinski definition) is 1. The number of fused-ring (bicyclic) bond motifs is 1. The lowest BCUT2D eigenvalue weighted by atomic mass is 10.1. The molecule has 0 aliphatic carbocycles. The van der Waals surface area contributed by atoms with E-state index in [2.05, 4.69) is 18.8 Å². The van der Waals surface area contributed by atoms with Gasteiger partial charge in [-0.15, -0.1) is 0 Å². The standard InChI is InChI=1S/C14H17FN2O2S/c1-9(2)6-7-17-11-5-3-4-10(15)13(11)16-14(17)20-8-12(18)19/h3-5,9H,6-8H2,1-2H3,(H,18,19). The zero-order valence-electron chi connectivity index (χ0n) is 11.5. The van der Waals surface area contributed by atoms with Crippen LogP contribution in [0.1, 0.15) is 20.3 Å².